The van der Waals surface area contributed by atoms with E-state index >= 15 is 0 Å². The van der Waals surface area contributed by atoms with Gasteiger partial charge in [-0.2, -0.15) is 0 Å². The van der Waals surface area contributed by atoms with Crippen molar-refractivity contribution in [2.24, 2.45) is 23.7 Å². The number of carbonyl (C=O) groups is 5. The molecule has 0 saturated carbocycles. The van der Waals surface area contributed by atoms with Gasteiger partial charge < -0.3 is 20.1 Å². The third kappa shape index (κ3) is 13.0. The summed E-state index contributed by atoms with van der Waals surface area (Å²) in [5.41, 5.74) is 0.919. The number of imide groups is 1. The number of hydrogen-bond donors (Lipinski definition) is 2. The number of ether oxygens (including phenoxy) is 2. The fourth-order valence-electron chi connectivity index (χ4n) is 6.18. The summed E-state index contributed by atoms with van der Waals surface area (Å²) in [5, 5.41) is 5.89. The zero-order valence-corrected chi connectivity index (χ0v) is 31.9. The van der Waals surface area contributed by atoms with Crippen LogP contribution in [0.2, 0.25) is 0 Å². The molecule has 50 heavy (non-hydrogen) atoms. The molecular formula is C39H60N4O7. The summed E-state index contributed by atoms with van der Waals surface area (Å²) in [7, 11) is 5.07. The Labute approximate surface area is 299 Å². The van der Waals surface area contributed by atoms with Crippen LogP contribution >= 0.6 is 0 Å². The van der Waals surface area contributed by atoms with E-state index in [1.807, 2.05) is 85.7 Å². The van der Waals surface area contributed by atoms with Crippen molar-refractivity contribution >= 4 is 29.6 Å². The molecule has 0 spiro atoms. The van der Waals surface area contributed by atoms with E-state index in [2.05, 4.69) is 10.6 Å². The standard InChI is InChI=1S/C39H60N4O7/c1-24(2)19-30(41-38(47)33(21-26(5)6)50-39(48)36(27(7)8)42(9)10)37(46)40-29(22-28-15-13-12-14-16-28)17-18-34(44)43-31(20-25(3)4)32(49-11)23-35(43)45/h12-18,23-27,29-31,33,36H,19-22H2,1-11H3,(H,40,46)(H,41,47). The highest BCUT2D eigenvalue weighted by Crippen LogP contribution is 2.26. The smallest absolute Gasteiger partial charge is 0.324 e. The van der Waals surface area contributed by atoms with Crippen molar-refractivity contribution in [3.8, 4) is 0 Å². The van der Waals surface area contributed by atoms with Gasteiger partial charge in [0.15, 0.2) is 6.10 Å². The molecule has 0 bridgehead atoms. The van der Waals surface area contributed by atoms with Crippen LogP contribution in [0.25, 0.3) is 0 Å². The van der Waals surface area contributed by atoms with E-state index in [0.29, 0.717) is 31.4 Å². The molecule has 5 unspecified atom stereocenters. The lowest BCUT2D eigenvalue weighted by Gasteiger charge is -2.29. The zero-order valence-electron chi connectivity index (χ0n) is 31.9. The van der Waals surface area contributed by atoms with Gasteiger partial charge in [-0.05, 0) is 69.0 Å². The highest BCUT2D eigenvalue weighted by molar-refractivity contribution is 6.07. The normalized spacial score (nSPS) is 17.4. The van der Waals surface area contributed by atoms with Crippen LogP contribution in [0.15, 0.2) is 54.3 Å². The third-order valence-corrected chi connectivity index (χ3v) is 8.41. The van der Waals surface area contributed by atoms with Crippen molar-refractivity contribution in [2.45, 2.75) is 111 Å². The van der Waals surface area contributed by atoms with E-state index in [9.17, 15) is 24.0 Å². The number of nitrogens with zero attached hydrogens (tertiary/aromatic N) is 2. The number of nitrogens with one attached hydrogen (secondary N) is 2. The molecule has 0 saturated heterocycles. The van der Waals surface area contributed by atoms with Gasteiger partial charge in [0.25, 0.3) is 17.7 Å². The van der Waals surface area contributed by atoms with Crippen molar-refractivity contribution in [2.75, 3.05) is 21.2 Å². The Morgan fingerprint density at radius 1 is 0.880 bits per heavy atom. The van der Waals surface area contributed by atoms with Crippen LogP contribution in [0.5, 0.6) is 0 Å². The van der Waals surface area contributed by atoms with E-state index < -0.39 is 59.9 Å². The van der Waals surface area contributed by atoms with Crippen LogP contribution in [-0.2, 0) is 39.9 Å². The first kappa shape index (κ1) is 42.2. The second-order valence-electron chi connectivity index (χ2n) is 15.0. The summed E-state index contributed by atoms with van der Waals surface area (Å²) in [6.07, 6.45) is 4.70. The Morgan fingerprint density at radius 3 is 2.02 bits per heavy atom. The van der Waals surface area contributed by atoms with Crippen molar-refractivity contribution in [3.05, 3.63) is 59.9 Å². The van der Waals surface area contributed by atoms with Crippen molar-refractivity contribution < 1.29 is 33.4 Å². The molecule has 11 heteroatoms. The van der Waals surface area contributed by atoms with Gasteiger partial charge >= 0.3 is 5.97 Å². The van der Waals surface area contributed by atoms with Crippen LogP contribution in [0, 0.1) is 23.7 Å². The van der Waals surface area contributed by atoms with Gasteiger partial charge in [0.2, 0.25) is 5.91 Å². The highest BCUT2D eigenvalue weighted by atomic mass is 16.5. The molecule has 5 atom stereocenters. The fraction of sp³-hybridized carbons (Fsp3) is 0.615. The molecule has 0 aromatic heterocycles. The molecule has 1 aromatic carbocycles. The summed E-state index contributed by atoms with van der Waals surface area (Å²) in [5.74, 6) is -1.74. The summed E-state index contributed by atoms with van der Waals surface area (Å²) in [6, 6.07) is 6.88. The molecule has 0 radical (unpaired) electrons. The van der Waals surface area contributed by atoms with E-state index in [-0.39, 0.29) is 23.7 Å². The molecule has 4 amide bonds. The topological polar surface area (TPSA) is 134 Å². The summed E-state index contributed by atoms with van der Waals surface area (Å²) >= 11 is 0. The van der Waals surface area contributed by atoms with Crippen LogP contribution in [0.1, 0.15) is 80.2 Å². The summed E-state index contributed by atoms with van der Waals surface area (Å²) in [6.45, 7) is 15.6. The average Bonchev–Trinajstić information content (AvgIpc) is 3.32. The molecule has 1 aromatic rings. The molecular weight excluding hydrogens is 636 g/mol. The van der Waals surface area contributed by atoms with Gasteiger partial charge in [-0.15, -0.1) is 0 Å². The molecule has 2 rings (SSSR count). The predicted octanol–water partition coefficient (Wildman–Crippen LogP) is 4.66. The Bertz CT molecular complexity index is 1350. The van der Waals surface area contributed by atoms with Crippen molar-refractivity contribution in [1.29, 1.82) is 0 Å². The Balaban J connectivity index is 2.35. The van der Waals surface area contributed by atoms with Gasteiger partial charge in [0.1, 0.15) is 17.8 Å². The van der Waals surface area contributed by atoms with E-state index in [4.69, 9.17) is 9.47 Å². The fourth-order valence-corrected chi connectivity index (χ4v) is 6.18. The molecule has 0 fully saturated rings. The number of esters is 1. The van der Waals surface area contributed by atoms with Crippen LogP contribution in [0.3, 0.4) is 0 Å². The van der Waals surface area contributed by atoms with Gasteiger partial charge in [0, 0.05) is 12.2 Å². The first-order chi connectivity index (χ1) is 23.4. The lowest BCUT2D eigenvalue weighted by molar-refractivity contribution is -0.163. The SMILES string of the molecule is COC1=CC(=O)N(C(=O)C=CC(Cc2ccccc2)NC(=O)C(CC(C)C)NC(=O)C(CC(C)C)OC(=O)C(C(C)C)N(C)C)C1CC(C)C. The lowest BCUT2D eigenvalue weighted by atomic mass is 9.99. The maximum absolute atomic E-state index is 13.9. The van der Waals surface area contributed by atoms with Crippen molar-refractivity contribution in [3.63, 3.8) is 0 Å². The second-order valence-corrected chi connectivity index (χ2v) is 15.0. The number of methoxy groups -OCH3 is 1. The number of likely N-dealkylation sites (N-methyl/N-ethyl adjacent to an activating group) is 1. The van der Waals surface area contributed by atoms with Crippen molar-refractivity contribution in [1.82, 2.24) is 20.4 Å². The van der Waals surface area contributed by atoms with Gasteiger partial charge in [-0.1, -0.05) is 91.8 Å². The predicted molar refractivity (Wildman–Crippen MR) is 194 cm³/mol. The first-order valence-electron chi connectivity index (χ1n) is 17.8. The molecule has 1 aliphatic heterocycles. The van der Waals surface area contributed by atoms with Crippen LogP contribution in [-0.4, -0.2) is 90.9 Å². The largest absolute Gasteiger partial charge is 0.499 e. The highest BCUT2D eigenvalue weighted by Gasteiger charge is 2.38. The number of benzene rings is 1. The molecule has 11 nitrogen and oxygen atoms in total. The molecule has 278 valence electrons. The number of amides is 4. The molecule has 0 aliphatic carbocycles. The molecule has 2 N–H and O–H groups in total. The van der Waals surface area contributed by atoms with Gasteiger partial charge in [-0.3, -0.25) is 33.8 Å². The summed E-state index contributed by atoms with van der Waals surface area (Å²) < 4.78 is 11.2. The number of carbonyl (C=O) groups excluding carboxylic acids is 5. The van der Waals surface area contributed by atoms with Gasteiger partial charge in [-0.25, -0.2) is 0 Å². The Hall–Kier alpha value is -3.99. The van der Waals surface area contributed by atoms with Crippen LogP contribution in [0.4, 0.5) is 0 Å². The Kier molecular flexibility index (Phi) is 16.9. The maximum atomic E-state index is 13.9. The number of rotatable bonds is 19. The monoisotopic (exact) mass is 696 g/mol. The van der Waals surface area contributed by atoms with Crippen LogP contribution < -0.4 is 10.6 Å². The minimum Gasteiger partial charge on any atom is -0.499 e. The van der Waals surface area contributed by atoms with E-state index in [0.717, 1.165) is 5.56 Å². The first-order valence-corrected chi connectivity index (χ1v) is 17.8. The van der Waals surface area contributed by atoms with E-state index in [1.165, 1.54) is 24.2 Å². The second kappa shape index (κ2) is 20.0. The van der Waals surface area contributed by atoms with Gasteiger partial charge in [0.05, 0.1) is 19.2 Å². The molecule has 1 aliphatic rings. The summed E-state index contributed by atoms with van der Waals surface area (Å²) in [4.78, 5) is 70.1. The maximum Gasteiger partial charge on any atom is 0.324 e. The minimum absolute atomic E-state index is 0.0378. The molecule has 1 heterocycles. The Morgan fingerprint density at radius 2 is 1.50 bits per heavy atom. The minimum atomic E-state index is -1.08. The quantitative estimate of drug-likeness (QED) is 0.158. The zero-order chi connectivity index (χ0) is 37.7. The average molecular weight is 697 g/mol. The van der Waals surface area contributed by atoms with E-state index in [1.54, 1.807) is 25.1 Å². The number of hydrogen-bond acceptors (Lipinski definition) is 8. The lowest BCUT2D eigenvalue weighted by Crippen LogP contribution is -2.53. The third-order valence-electron chi connectivity index (χ3n) is 8.41.